The molecule has 0 radical (unpaired) electrons. The number of aryl methyl sites for hydroxylation is 1. The van der Waals surface area contributed by atoms with Crippen LogP contribution in [-0.2, 0) is 10.2 Å². The van der Waals surface area contributed by atoms with E-state index in [2.05, 4.69) is 39.8 Å². The van der Waals surface area contributed by atoms with Gasteiger partial charge < -0.3 is 10.5 Å². The second kappa shape index (κ2) is 5.02. The minimum atomic E-state index is 0.196. The Hall–Kier alpha value is -0.860. The molecule has 1 atom stereocenters. The van der Waals surface area contributed by atoms with Crippen molar-refractivity contribution in [3.05, 3.63) is 34.4 Å². The van der Waals surface area contributed by atoms with Gasteiger partial charge in [-0.1, -0.05) is 19.1 Å². The maximum atomic E-state index is 5.73. The van der Waals surface area contributed by atoms with Crippen LogP contribution >= 0.6 is 0 Å². The molecule has 1 aliphatic heterocycles. The lowest BCUT2D eigenvalue weighted by atomic mass is 9.66. The zero-order valence-corrected chi connectivity index (χ0v) is 12.0. The lowest BCUT2D eigenvalue weighted by Gasteiger charge is -2.47. The molecule has 0 spiro atoms. The van der Waals surface area contributed by atoms with E-state index < -0.39 is 0 Å². The molecule has 1 aromatic carbocycles. The summed E-state index contributed by atoms with van der Waals surface area (Å²) in [5, 5.41) is 0. The summed E-state index contributed by atoms with van der Waals surface area (Å²) in [5.41, 5.74) is 11.6. The summed E-state index contributed by atoms with van der Waals surface area (Å²) in [7, 11) is 0. The number of benzene rings is 1. The van der Waals surface area contributed by atoms with Crippen molar-refractivity contribution in [3.8, 4) is 0 Å². The fraction of sp³-hybridized carbons (Fsp3) is 0.625. The van der Waals surface area contributed by atoms with Crippen LogP contribution in [0, 0.1) is 26.7 Å². The molecule has 2 heteroatoms. The van der Waals surface area contributed by atoms with Gasteiger partial charge in [0.2, 0.25) is 0 Å². The molecule has 0 aromatic heterocycles. The van der Waals surface area contributed by atoms with E-state index in [0.29, 0.717) is 5.92 Å². The van der Waals surface area contributed by atoms with Crippen LogP contribution in [0.4, 0.5) is 0 Å². The third-order valence-electron chi connectivity index (χ3n) is 4.86. The molecular formula is C16H25NO. The summed E-state index contributed by atoms with van der Waals surface area (Å²) in [6.07, 6.45) is 1.07. The maximum absolute atomic E-state index is 5.73. The Morgan fingerprint density at radius 3 is 2.39 bits per heavy atom. The first-order chi connectivity index (χ1) is 8.53. The van der Waals surface area contributed by atoms with Gasteiger partial charge in [0.15, 0.2) is 0 Å². The van der Waals surface area contributed by atoms with Gasteiger partial charge in [-0.05, 0) is 61.9 Å². The molecule has 0 bridgehead atoms. The molecule has 0 aliphatic carbocycles. The second-order valence-electron chi connectivity index (χ2n) is 5.81. The molecule has 1 aromatic rings. The van der Waals surface area contributed by atoms with Gasteiger partial charge in [-0.2, -0.15) is 0 Å². The Morgan fingerprint density at radius 2 is 1.89 bits per heavy atom. The molecule has 2 rings (SSSR count). The topological polar surface area (TPSA) is 35.2 Å². The quantitative estimate of drug-likeness (QED) is 0.888. The van der Waals surface area contributed by atoms with Crippen LogP contribution < -0.4 is 5.73 Å². The van der Waals surface area contributed by atoms with E-state index in [1.54, 1.807) is 0 Å². The first-order valence-corrected chi connectivity index (χ1v) is 6.88. The molecule has 1 aliphatic rings. The van der Waals surface area contributed by atoms with Crippen LogP contribution in [-0.4, -0.2) is 19.8 Å². The van der Waals surface area contributed by atoms with Crippen molar-refractivity contribution in [2.75, 3.05) is 19.8 Å². The number of rotatable bonds is 4. The van der Waals surface area contributed by atoms with Gasteiger partial charge in [0.1, 0.15) is 0 Å². The summed E-state index contributed by atoms with van der Waals surface area (Å²) in [4.78, 5) is 0. The third kappa shape index (κ3) is 1.98. The van der Waals surface area contributed by atoms with Crippen molar-refractivity contribution in [3.63, 3.8) is 0 Å². The van der Waals surface area contributed by atoms with Gasteiger partial charge in [-0.15, -0.1) is 0 Å². The molecule has 100 valence electrons. The highest BCUT2D eigenvalue weighted by atomic mass is 16.5. The number of ether oxygens (including phenoxy) is 1. The minimum absolute atomic E-state index is 0.196. The largest absolute Gasteiger partial charge is 0.379 e. The van der Waals surface area contributed by atoms with Crippen LogP contribution in [0.3, 0.4) is 0 Å². The smallest absolute Gasteiger partial charge is 0.0588 e. The van der Waals surface area contributed by atoms with Gasteiger partial charge in [-0.3, -0.25) is 0 Å². The van der Waals surface area contributed by atoms with Crippen molar-refractivity contribution in [1.82, 2.24) is 0 Å². The lowest BCUT2D eigenvalue weighted by molar-refractivity contribution is -0.0886. The Kier molecular flexibility index (Phi) is 3.79. The Labute approximate surface area is 111 Å². The van der Waals surface area contributed by atoms with Crippen molar-refractivity contribution in [2.45, 2.75) is 39.5 Å². The lowest BCUT2D eigenvalue weighted by Crippen LogP contribution is -2.52. The average molecular weight is 247 g/mol. The van der Waals surface area contributed by atoms with E-state index >= 15 is 0 Å². The summed E-state index contributed by atoms with van der Waals surface area (Å²) >= 11 is 0. The van der Waals surface area contributed by atoms with Gasteiger partial charge in [0.05, 0.1) is 13.2 Å². The molecule has 1 saturated heterocycles. The predicted molar refractivity (Wildman–Crippen MR) is 76.0 cm³/mol. The van der Waals surface area contributed by atoms with E-state index in [1.165, 1.54) is 22.3 Å². The summed E-state index contributed by atoms with van der Waals surface area (Å²) in [5.74, 6) is 0.581. The predicted octanol–water partition coefficient (Wildman–Crippen LogP) is 2.86. The highest BCUT2D eigenvalue weighted by Gasteiger charge is 2.45. The van der Waals surface area contributed by atoms with E-state index in [4.69, 9.17) is 10.5 Å². The molecule has 2 nitrogen and oxygen atoms in total. The van der Waals surface area contributed by atoms with Gasteiger partial charge in [0, 0.05) is 5.41 Å². The minimum Gasteiger partial charge on any atom is -0.379 e. The van der Waals surface area contributed by atoms with Crippen LogP contribution in [0.25, 0.3) is 0 Å². The van der Waals surface area contributed by atoms with Crippen molar-refractivity contribution < 1.29 is 4.74 Å². The van der Waals surface area contributed by atoms with Gasteiger partial charge >= 0.3 is 0 Å². The Bertz CT molecular complexity index is 435. The first kappa shape index (κ1) is 13.6. The van der Waals surface area contributed by atoms with Gasteiger partial charge in [0.25, 0.3) is 0 Å². The SMILES string of the molecule is Cc1ccc(C2(C(C)CCN)COC2)c(C)c1C. The Balaban J connectivity index is 2.42. The van der Waals surface area contributed by atoms with Gasteiger partial charge in [-0.25, -0.2) is 0 Å². The van der Waals surface area contributed by atoms with E-state index in [9.17, 15) is 0 Å². The van der Waals surface area contributed by atoms with Crippen molar-refractivity contribution >= 4 is 0 Å². The molecule has 2 N–H and O–H groups in total. The van der Waals surface area contributed by atoms with E-state index in [1.807, 2.05) is 0 Å². The maximum Gasteiger partial charge on any atom is 0.0588 e. The number of nitrogens with two attached hydrogens (primary N) is 1. The highest BCUT2D eigenvalue weighted by Crippen LogP contribution is 2.43. The average Bonchev–Trinajstić information content (AvgIpc) is 2.28. The zero-order valence-electron chi connectivity index (χ0n) is 12.0. The molecular weight excluding hydrogens is 222 g/mol. The second-order valence-corrected chi connectivity index (χ2v) is 5.81. The monoisotopic (exact) mass is 247 g/mol. The number of hydrogen-bond donors (Lipinski definition) is 1. The van der Waals surface area contributed by atoms with E-state index in [0.717, 1.165) is 26.2 Å². The molecule has 0 saturated carbocycles. The summed E-state index contributed by atoms with van der Waals surface area (Å²) in [6, 6.07) is 4.54. The Morgan fingerprint density at radius 1 is 1.22 bits per heavy atom. The first-order valence-electron chi connectivity index (χ1n) is 6.88. The van der Waals surface area contributed by atoms with Crippen LogP contribution in [0.2, 0.25) is 0 Å². The van der Waals surface area contributed by atoms with Crippen LogP contribution in [0.1, 0.15) is 35.6 Å². The highest BCUT2D eigenvalue weighted by molar-refractivity contribution is 5.44. The molecule has 1 heterocycles. The van der Waals surface area contributed by atoms with Crippen LogP contribution in [0.15, 0.2) is 12.1 Å². The summed E-state index contributed by atoms with van der Waals surface area (Å²) < 4.78 is 5.54. The standard InChI is InChI=1S/C16H25NO/c1-11-5-6-15(14(4)13(11)3)16(9-18-10-16)12(2)7-8-17/h5-6,12H,7-10,17H2,1-4H3. The normalized spacial score (nSPS) is 19.4. The van der Waals surface area contributed by atoms with Crippen molar-refractivity contribution in [1.29, 1.82) is 0 Å². The number of hydrogen-bond acceptors (Lipinski definition) is 2. The zero-order chi connectivity index (χ0) is 13.3. The third-order valence-corrected chi connectivity index (χ3v) is 4.86. The van der Waals surface area contributed by atoms with Crippen LogP contribution in [0.5, 0.6) is 0 Å². The van der Waals surface area contributed by atoms with Crippen molar-refractivity contribution in [2.24, 2.45) is 11.7 Å². The fourth-order valence-electron chi connectivity index (χ4n) is 3.05. The summed E-state index contributed by atoms with van der Waals surface area (Å²) in [6.45, 7) is 11.4. The van der Waals surface area contributed by atoms with E-state index in [-0.39, 0.29) is 5.41 Å². The molecule has 1 fully saturated rings. The fourth-order valence-corrected chi connectivity index (χ4v) is 3.05. The molecule has 1 unspecified atom stereocenters. The molecule has 0 amide bonds. The molecule has 18 heavy (non-hydrogen) atoms.